The first kappa shape index (κ1) is 30.8. The van der Waals surface area contributed by atoms with Crippen LogP contribution in [0.25, 0.3) is 121 Å². The third-order valence-electron chi connectivity index (χ3n) is 11.1. The smallest absolute Gasteiger partial charge is 0.164 e. The summed E-state index contributed by atoms with van der Waals surface area (Å²) in [6.45, 7) is 0. The maximum atomic E-state index is 6.60. The Morgan fingerprint density at radius 3 is 1.52 bits per heavy atom. The molecule has 0 N–H and O–H groups in total. The van der Waals surface area contributed by atoms with Crippen LogP contribution in [0.5, 0.6) is 0 Å². The van der Waals surface area contributed by atoms with Crippen molar-refractivity contribution in [3.8, 4) is 45.3 Å². The van der Waals surface area contributed by atoms with Crippen LogP contribution in [0.3, 0.4) is 0 Å². The zero-order chi connectivity index (χ0) is 36.7. The lowest BCUT2D eigenvalue weighted by Gasteiger charge is -2.13. The summed E-state index contributed by atoms with van der Waals surface area (Å²) in [5.41, 5.74) is 7.96. The predicted molar refractivity (Wildman–Crippen MR) is 229 cm³/mol. The largest absolute Gasteiger partial charge is 0.456 e. The summed E-state index contributed by atoms with van der Waals surface area (Å²) in [5, 5.41) is 11.3. The minimum atomic E-state index is 0.572. The molecule has 0 atom stereocenters. The van der Waals surface area contributed by atoms with Crippen LogP contribution in [0.15, 0.2) is 185 Å². The second-order valence-electron chi connectivity index (χ2n) is 14.3. The van der Waals surface area contributed by atoms with Gasteiger partial charge < -0.3 is 8.83 Å². The molecule has 0 radical (unpaired) electrons. The molecule has 0 unspecified atom stereocenters. The number of nitrogens with zero attached hydrogens (tertiary/aromatic N) is 3. The van der Waals surface area contributed by atoms with Gasteiger partial charge in [-0.05, 0) is 62.1 Å². The lowest BCUT2D eigenvalue weighted by Crippen LogP contribution is -2.00. The highest BCUT2D eigenvalue weighted by molar-refractivity contribution is 6.26. The molecule has 3 aromatic heterocycles. The average Bonchev–Trinajstić information content (AvgIpc) is 3.85. The van der Waals surface area contributed by atoms with Crippen molar-refractivity contribution < 1.29 is 8.83 Å². The number of aromatic nitrogens is 3. The van der Waals surface area contributed by atoms with Crippen molar-refractivity contribution >= 4 is 76.2 Å². The summed E-state index contributed by atoms with van der Waals surface area (Å²) in [6.07, 6.45) is 0. The average molecular weight is 716 g/mol. The Bertz CT molecular complexity index is 3510. The Kier molecular flexibility index (Phi) is 6.56. The fraction of sp³-hybridized carbons (Fsp3) is 0. The van der Waals surface area contributed by atoms with Crippen LogP contribution >= 0.6 is 0 Å². The molecule has 0 amide bonds. The van der Waals surface area contributed by atoms with E-state index in [9.17, 15) is 0 Å². The van der Waals surface area contributed by atoms with Crippen LogP contribution in [0, 0.1) is 0 Å². The van der Waals surface area contributed by atoms with Crippen molar-refractivity contribution in [2.75, 3.05) is 0 Å². The minimum absolute atomic E-state index is 0.572. The van der Waals surface area contributed by atoms with Crippen LogP contribution in [0.4, 0.5) is 0 Å². The molecule has 5 nitrogen and oxygen atoms in total. The van der Waals surface area contributed by atoms with Gasteiger partial charge in [0.05, 0.1) is 0 Å². The molecule has 0 fully saturated rings. The van der Waals surface area contributed by atoms with E-state index in [1.165, 1.54) is 26.9 Å². The van der Waals surface area contributed by atoms with Crippen molar-refractivity contribution in [1.82, 2.24) is 15.0 Å². The molecular formula is C51H29N3O2. The molecule has 0 aliphatic rings. The van der Waals surface area contributed by atoms with E-state index in [2.05, 4.69) is 109 Å². The summed E-state index contributed by atoms with van der Waals surface area (Å²) in [5.74, 6) is 1.78. The Morgan fingerprint density at radius 1 is 0.286 bits per heavy atom. The highest BCUT2D eigenvalue weighted by Crippen LogP contribution is 2.44. The monoisotopic (exact) mass is 715 g/mol. The molecule has 0 spiro atoms. The van der Waals surface area contributed by atoms with E-state index >= 15 is 0 Å². The molecule has 56 heavy (non-hydrogen) atoms. The van der Waals surface area contributed by atoms with Crippen LogP contribution < -0.4 is 0 Å². The molecule has 3 heterocycles. The first-order chi connectivity index (χ1) is 27.8. The number of hydrogen-bond acceptors (Lipinski definition) is 5. The maximum absolute atomic E-state index is 6.60. The highest BCUT2D eigenvalue weighted by Gasteiger charge is 2.22. The molecule has 5 heteroatoms. The van der Waals surface area contributed by atoms with Gasteiger partial charge >= 0.3 is 0 Å². The van der Waals surface area contributed by atoms with Crippen LogP contribution in [0.1, 0.15) is 0 Å². The number of para-hydroxylation sites is 2. The lowest BCUT2D eigenvalue weighted by molar-refractivity contribution is 0.668. The zero-order valence-corrected chi connectivity index (χ0v) is 29.9. The first-order valence-electron chi connectivity index (χ1n) is 18.8. The van der Waals surface area contributed by atoms with Crippen molar-refractivity contribution in [2.24, 2.45) is 0 Å². The van der Waals surface area contributed by atoms with Crippen LogP contribution in [-0.2, 0) is 0 Å². The maximum Gasteiger partial charge on any atom is 0.164 e. The molecule has 260 valence electrons. The molecule has 0 saturated carbocycles. The SMILES string of the molecule is c1ccc(-c2nc(-c3ccc4c5ccccc5c5ccccc5c4c3)nc(-c3cccc4oc5cccc(-c6cccc7c6oc6ccccc67)c5c34)n2)cc1. The quantitative estimate of drug-likeness (QED) is 0.170. The second-order valence-corrected chi connectivity index (χ2v) is 14.3. The molecule has 0 bridgehead atoms. The number of benzene rings is 9. The molecule has 9 aromatic carbocycles. The Hall–Kier alpha value is -7.63. The number of furan rings is 2. The van der Waals surface area contributed by atoms with E-state index < -0.39 is 0 Å². The number of fused-ring (bicyclic) bond motifs is 12. The van der Waals surface area contributed by atoms with Crippen molar-refractivity contribution in [3.05, 3.63) is 176 Å². The number of hydrogen-bond donors (Lipinski definition) is 0. The van der Waals surface area contributed by atoms with Gasteiger partial charge in [0.25, 0.3) is 0 Å². The second kappa shape index (κ2) is 11.9. The van der Waals surface area contributed by atoms with Crippen molar-refractivity contribution in [3.63, 3.8) is 0 Å². The summed E-state index contributed by atoms with van der Waals surface area (Å²) in [4.78, 5) is 15.6. The molecule has 0 aliphatic heterocycles. The molecule has 0 aliphatic carbocycles. The lowest BCUT2D eigenvalue weighted by atomic mass is 9.93. The zero-order valence-electron chi connectivity index (χ0n) is 29.9. The van der Waals surface area contributed by atoms with Gasteiger partial charge in [-0.1, -0.05) is 152 Å². The van der Waals surface area contributed by atoms with Gasteiger partial charge in [0.15, 0.2) is 17.5 Å². The van der Waals surface area contributed by atoms with Gasteiger partial charge in [0, 0.05) is 43.8 Å². The van der Waals surface area contributed by atoms with Gasteiger partial charge in [-0.25, -0.2) is 15.0 Å². The number of rotatable bonds is 4. The van der Waals surface area contributed by atoms with E-state index in [0.717, 1.165) is 77.1 Å². The van der Waals surface area contributed by atoms with E-state index in [-0.39, 0.29) is 0 Å². The Morgan fingerprint density at radius 2 is 0.786 bits per heavy atom. The fourth-order valence-corrected chi connectivity index (χ4v) is 8.63. The van der Waals surface area contributed by atoms with Crippen molar-refractivity contribution in [2.45, 2.75) is 0 Å². The summed E-state index contributed by atoms with van der Waals surface area (Å²) < 4.78 is 13.1. The van der Waals surface area contributed by atoms with Gasteiger partial charge in [-0.15, -0.1) is 0 Å². The van der Waals surface area contributed by atoms with Gasteiger partial charge in [0.2, 0.25) is 0 Å². The van der Waals surface area contributed by atoms with Crippen LogP contribution in [0.2, 0.25) is 0 Å². The van der Waals surface area contributed by atoms with Crippen LogP contribution in [-0.4, -0.2) is 15.0 Å². The molecule has 12 rings (SSSR count). The highest BCUT2D eigenvalue weighted by atomic mass is 16.3. The van der Waals surface area contributed by atoms with Gasteiger partial charge in [0.1, 0.15) is 22.3 Å². The Labute approximate surface area is 320 Å². The standard InChI is InChI=1S/C51H29N3O2/c1-2-13-30(14-3-1)49-52-50(31-27-28-36-34-17-5-4-15-32(34)33-16-6-7-18-35(33)42(36)29-31)54-51(53-49)41-23-12-26-45-47(41)46-38(20-11-25-44(46)55-45)40-22-10-21-39-37-19-8-9-24-43(37)56-48(39)40/h1-29H. The topological polar surface area (TPSA) is 65.0 Å². The van der Waals surface area contributed by atoms with Crippen molar-refractivity contribution in [1.29, 1.82) is 0 Å². The Balaban J connectivity index is 1.12. The third-order valence-corrected chi connectivity index (χ3v) is 11.1. The molecule has 12 aromatic rings. The van der Waals surface area contributed by atoms with E-state index in [1.807, 2.05) is 66.7 Å². The van der Waals surface area contributed by atoms with E-state index in [4.69, 9.17) is 23.8 Å². The van der Waals surface area contributed by atoms with E-state index in [1.54, 1.807) is 0 Å². The molecule has 0 saturated heterocycles. The minimum Gasteiger partial charge on any atom is -0.456 e. The normalized spacial score (nSPS) is 11.9. The summed E-state index contributed by atoms with van der Waals surface area (Å²) in [7, 11) is 0. The van der Waals surface area contributed by atoms with Gasteiger partial charge in [-0.2, -0.15) is 0 Å². The molecular weight excluding hydrogens is 687 g/mol. The third kappa shape index (κ3) is 4.58. The summed E-state index contributed by atoms with van der Waals surface area (Å²) in [6, 6.07) is 60.8. The summed E-state index contributed by atoms with van der Waals surface area (Å²) >= 11 is 0. The predicted octanol–water partition coefficient (Wildman–Crippen LogP) is 13.8. The first-order valence-corrected chi connectivity index (χ1v) is 18.8. The fourth-order valence-electron chi connectivity index (χ4n) is 8.63. The van der Waals surface area contributed by atoms with E-state index in [0.29, 0.717) is 17.5 Å². The van der Waals surface area contributed by atoms with Gasteiger partial charge in [-0.3, -0.25) is 0 Å².